The Kier molecular flexibility index (Phi) is 6.95. The molecule has 0 unspecified atom stereocenters. The lowest BCUT2D eigenvalue weighted by atomic mass is 9.83. The van der Waals surface area contributed by atoms with E-state index in [-0.39, 0.29) is 29.2 Å². The maximum Gasteiger partial charge on any atom is 0.318 e. The van der Waals surface area contributed by atoms with Crippen LogP contribution in [0.5, 0.6) is 0 Å². The highest BCUT2D eigenvalue weighted by atomic mass is 28.3. The van der Waals surface area contributed by atoms with Crippen molar-refractivity contribution < 1.29 is 19.1 Å². The molecule has 0 saturated heterocycles. The minimum absolute atomic E-state index is 0.0766. The molecule has 1 atom stereocenters. The smallest absolute Gasteiger partial charge is 0.318 e. The molecule has 4 rings (SSSR count). The molecule has 2 aliphatic heterocycles. The molecule has 1 aromatic rings. The number of nitrogens with one attached hydrogen (secondary N) is 2. The van der Waals surface area contributed by atoms with Crippen LogP contribution in [0.2, 0.25) is 24.7 Å². The number of carbonyl (C=O) groups is 2. The lowest BCUT2D eigenvalue weighted by molar-refractivity contribution is -0.125. The Morgan fingerprint density at radius 1 is 1.19 bits per heavy atom. The summed E-state index contributed by atoms with van der Waals surface area (Å²) in [6.07, 6.45) is 3.21. The molecule has 0 spiro atoms. The SMILES string of the molecule is CC(C)(O)C[C@@H](NC(=O)N1CC2=C(CN=C2NC(=O)C2([Si](C)(C)C)CCC2)C1(C)C)c1ccc(F)cc1. The molecule has 1 fully saturated rings. The highest BCUT2D eigenvalue weighted by molar-refractivity contribution is 6.82. The van der Waals surface area contributed by atoms with Crippen LogP contribution < -0.4 is 10.6 Å². The molecule has 1 aliphatic carbocycles. The number of aliphatic hydroxyl groups is 1. The number of aliphatic imine (C=N–C) groups is 1. The number of hydrogen-bond acceptors (Lipinski definition) is 4. The number of rotatable bonds is 6. The van der Waals surface area contributed by atoms with Gasteiger partial charge in [-0.25, -0.2) is 9.18 Å². The summed E-state index contributed by atoms with van der Waals surface area (Å²) in [5.41, 5.74) is 1.05. The van der Waals surface area contributed by atoms with Gasteiger partial charge < -0.3 is 20.6 Å². The summed E-state index contributed by atoms with van der Waals surface area (Å²) in [4.78, 5) is 33.5. The van der Waals surface area contributed by atoms with E-state index in [9.17, 15) is 19.1 Å². The topological polar surface area (TPSA) is 94.0 Å². The fourth-order valence-electron chi connectivity index (χ4n) is 5.93. The van der Waals surface area contributed by atoms with E-state index in [0.717, 1.165) is 36.0 Å². The molecule has 0 radical (unpaired) electrons. The van der Waals surface area contributed by atoms with E-state index in [1.54, 1.807) is 30.9 Å². The van der Waals surface area contributed by atoms with Crippen LogP contribution in [0.15, 0.2) is 40.4 Å². The number of urea groups is 1. The van der Waals surface area contributed by atoms with Crippen molar-refractivity contribution in [3.05, 3.63) is 46.8 Å². The number of carbonyl (C=O) groups excluding carboxylic acids is 2. The number of amidine groups is 1. The first-order chi connectivity index (χ1) is 17.0. The standard InChI is InChI=1S/C28H41FN4O3Si/c1-26(2,36)15-22(18-9-11-19(29)12-10-18)31-25(35)33-17-20-21(27(33,3)4)16-30-23(20)32-24(34)28(13-8-14-28)37(5,6)7/h9-12,22,36H,8,13-17H2,1-7H3,(H,31,35)(H,30,32,34)/t22-/m1/s1. The normalized spacial score (nSPS) is 21.2. The molecular weight excluding hydrogens is 487 g/mol. The predicted molar refractivity (Wildman–Crippen MR) is 147 cm³/mol. The molecule has 1 saturated carbocycles. The highest BCUT2D eigenvalue weighted by Crippen LogP contribution is 2.55. The van der Waals surface area contributed by atoms with Crippen molar-refractivity contribution in [2.45, 2.75) is 95.2 Å². The third-order valence-electron chi connectivity index (χ3n) is 8.60. The Morgan fingerprint density at radius 2 is 1.81 bits per heavy atom. The first-order valence-corrected chi connectivity index (χ1v) is 16.7. The molecule has 202 valence electrons. The quantitative estimate of drug-likeness (QED) is 0.458. The van der Waals surface area contributed by atoms with Crippen LogP contribution in [0.25, 0.3) is 0 Å². The van der Waals surface area contributed by atoms with E-state index in [0.29, 0.717) is 18.9 Å². The summed E-state index contributed by atoms with van der Waals surface area (Å²) in [6.45, 7) is 14.9. The van der Waals surface area contributed by atoms with Gasteiger partial charge in [0, 0.05) is 17.0 Å². The van der Waals surface area contributed by atoms with Crippen molar-refractivity contribution in [1.29, 1.82) is 0 Å². The van der Waals surface area contributed by atoms with Crippen LogP contribution in [0.3, 0.4) is 0 Å². The van der Waals surface area contributed by atoms with Gasteiger partial charge in [-0.3, -0.25) is 9.79 Å². The summed E-state index contributed by atoms with van der Waals surface area (Å²) in [5, 5.41) is 16.5. The molecule has 2 heterocycles. The number of benzene rings is 1. The molecule has 3 amide bonds. The zero-order valence-corrected chi connectivity index (χ0v) is 24.2. The van der Waals surface area contributed by atoms with Gasteiger partial charge in [0.15, 0.2) is 0 Å². The van der Waals surface area contributed by atoms with Crippen molar-refractivity contribution >= 4 is 25.8 Å². The first-order valence-electron chi connectivity index (χ1n) is 13.2. The van der Waals surface area contributed by atoms with Crippen LogP contribution in [0.1, 0.15) is 65.0 Å². The van der Waals surface area contributed by atoms with E-state index >= 15 is 0 Å². The largest absolute Gasteiger partial charge is 0.390 e. The summed E-state index contributed by atoms with van der Waals surface area (Å²) < 4.78 is 13.5. The van der Waals surface area contributed by atoms with Crippen molar-refractivity contribution in [3.8, 4) is 0 Å². The minimum atomic E-state index is -1.73. The lowest BCUT2D eigenvalue weighted by Crippen LogP contribution is -2.55. The summed E-state index contributed by atoms with van der Waals surface area (Å²) >= 11 is 0. The van der Waals surface area contributed by atoms with Crippen molar-refractivity contribution in [2.24, 2.45) is 4.99 Å². The van der Waals surface area contributed by atoms with Crippen molar-refractivity contribution in [3.63, 3.8) is 0 Å². The van der Waals surface area contributed by atoms with Crippen LogP contribution in [-0.4, -0.2) is 60.1 Å². The van der Waals surface area contributed by atoms with Gasteiger partial charge in [-0.2, -0.15) is 0 Å². The van der Waals surface area contributed by atoms with E-state index in [1.807, 2.05) is 13.8 Å². The second-order valence-corrected chi connectivity index (χ2v) is 18.4. The van der Waals surface area contributed by atoms with Gasteiger partial charge in [-0.05, 0) is 63.8 Å². The predicted octanol–water partition coefficient (Wildman–Crippen LogP) is 4.92. The molecule has 1 aromatic carbocycles. The van der Waals surface area contributed by atoms with Gasteiger partial charge >= 0.3 is 6.03 Å². The molecule has 9 heteroatoms. The van der Waals surface area contributed by atoms with Crippen LogP contribution >= 0.6 is 0 Å². The Bertz CT molecular complexity index is 1140. The van der Waals surface area contributed by atoms with E-state index < -0.39 is 25.3 Å². The lowest BCUT2D eigenvalue weighted by Gasteiger charge is -2.49. The number of amides is 3. The average molecular weight is 529 g/mol. The van der Waals surface area contributed by atoms with Crippen LogP contribution in [0.4, 0.5) is 9.18 Å². The van der Waals surface area contributed by atoms with Gasteiger partial charge in [-0.15, -0.1) is 0 Å². The zero-order chi connectivity index (χ0) is 27.4. The summed E-state index contributed by atoms with van der Waals surface area (Å²) in [7, 11) is -1.73. The van der Waals surface area contributed by atoms with Crippen molar-refractivity contribution in [2.75, 3.05) is 13.1 Å². The van der Waals surface area contributed by atoms with Gasteiger partial charge in [-0.1, -0.05) is 38.2 Å². The summed E-state index contributed by atoms with van der Waals surface area (Å²) in [6, 6.07) is 5.21. The molecule has 0 bridgehead atoms. The Balaban J connectivity index is 1.51. The molecule has 7 nitrogen and oxygen atoms in total. The Hall–Kier alpha value is -2.52. The zero-order valence-electron chi connectivity index (χ0n) is 23.2. The maximum absolute atomic E-state index is 13.6. The van der Waals surface area contributed by atoms with E-state index in [1.165, 1.54) is 12.1 Å². The first kappa shape index (κ1) is 27.5. The fourth-order valence-corrected chi connectivity index (χ4v) is 8.53. The Morgan fingerprint density at radius 3 is 2.32 bits per heavy atom. The fraction of sp³-hybridized carbons (Fsp3) is 0.607. The number of nitrogens with zero attached hydrogens (tertiary/aromatic N) is 2. The monoisotopic (exact) mass is 528 g/mol. The maximum atomic E-state index is 13.6. The molecule has 3 aliphatic rings. The highest BCUT2D eigenvalue weighted by Gasteiger charge is 2.54. The number of halogens is 1. The van der Waals surface area contributed by atoms with Crippen molar-refractivity contribution in [1.82, 2.24) is 15.5 Å². The van der Waals surface area contributed by atoms with E-state index in [4.69, 9.17) is 0 Å². The van der Waals surface area contributed by atoms with Gasteiger partial charge in [0.05, 0.1) is 38.3 Å². The van der Waals surface area contributed by atoms with E-state index in [2.05, 4.69) is 35.3 Å². The molecule has 3 N–H and O–H groups in total. The Labute approximate surface area is 220 Å². The molecule has 37 heavy (non-hydrogen) atoms. The molecular formula is C28H41FN4O3Si. The second kappa shape index (κ2) is 9.34. The molecule has 0 aromatic heterocycles. The minimum Gasteiger partial charge on any atom is -0.390 e. The third kappa shape index (κ3) is 5.12. The van der Waals surface area contributed by atoms with Gasteiger partial charge in [0.2, 0.25) is 5.91 Å². The number of hydrogen-bond donors (Lipinski definition) is 3. The van der Waals surface area contributed by atoms with Gasteiger partial charge in [0.1, 0.15) is 11.7 Å². The van der Waals surface area contributed by atoms with Crippen LogP contribution in [0, 0.1) is 5.82 Å². The second-order valence-electron chi connectivity index (χ2n) is 13.0. The summed E-state index contributed by atoms with van der Waals surface area (Å²) in [5.74, 6) is 0.317. The van der Waals surface area contributed by atoms with Gasteiger partial charge in [0.25, 0.3) is 0 Å². The average Bonchev–Trinajstić information content (AvgIpc) is 3.23. The third-order valence-corrected chi connectivity index (χ3v) is 12.2. The van der Waals surface area contributed by atoms with Crippen LogP contribution in [-0.2, 0) is 4.79 Å².